The molecule has 0 saturated carbocycles. The summed E-state index contributed by atoms with van der Waals surface area (Å²) < 4.78 is 11.9. The quantitative estimate of drug-likeness (QED) is 0.315. The van der Waals surface area contributed by atoms with Crippen molar-refractivity contribution < 1.29 is 30.2 Å². The number of nitrogens with zero attached hydrogens (tertiary/aromatic N) is 4. The van der Waals surface area contributed by atoms with Gasteiger partial charge in [-0.1, -0.05) is 11.6 Å². The maximum atomic E-state index is 6.01. The Morgan fingerprint density at radius 1 is 1.00 bits per heavy atom. The first kappa shape index (κ1) is 21.3. The summed E-state index contributed by atoms with van der Waals surface area (Å²) in [4.78, 5) is 12.8. The van der Waals surface area contributed by atoms with E-state index < -0.39 is 0 Å². The standard InChI is InChI=1S/C24H19N4O2.Pt/c1-27-11-12-28(17-27)20-7-3-9-22(14-20)29-21-8-2-5-18(13-21)24-26-16-23(30-24)19-6-4-10-25-15-19;/h2-10,15-17H,11-12H2,1H3;/q-3;. The van der Waals surface area contributed by atoms with Crippen LogP contribution in [-0.2, 0) is 21.1 Å². The minimum Gasteiger partial charge on any atom is -0.528 e. The van der Waals surface area contributed by atoms with E-state index in [0.29, 0.717) is 28.7 Å². The molecule has 2 aromatic carbocycles. The molecule has 7 heteroatoms. The molecule has 0 unspecified atom stereocenters. The molecule has 1 aliphatic heterocycles. The number of rotatable bonds is 5. The van der Waals surface area contributed by atoms with Crippen molar-refractivity contribution in [2.75, 3.05) is 25.0 Å². The number of oxazole rings is 1. The second-order valence-corrected chi connectivity index (χ2v) is 6.99. The van der Waals surface area contributed by atoms with Crippen LogP contribution in [0.5, 0.6) is 11.5 Å². The van der Waals surface area contributed by atoms with Crippen LogP contribution >= 0.6 is 0 Å². The molecule has 160 valence electrons. The molecule has 0 amide bonds. The van der Waals surface area contributed by atoms with Gasteiger partial charge in [-0.05, 0) is 32.3 Å². The topological polar surface area (TPSA) is 54.6 Å². The van der Waals surface area contributed by atoms with Gasteiger partial charge in [0.2, 0.25) is 0 Å². The van der Waals surface area contributed by atoms with E-state index in [1.165, 1.54) is 0 Å². The smallest absolute Gasteiger partial charge is 0.142 e. The van der Waals surface area contributed by atoms with Gasteiger partial charge in [-0.2, -0.15) is 18.8 Å². The largest absolute Gasteiger partial charge is 0.528 e. The predicted octanol–water partition coefficient (Wildman–Crippen LogP) is 4.66. The Morgan fingerprint density at radius 3 is 2.61 bits per heavy atom. The number of anilines is 1. The van der Waals surface area contributed by atoms with Crippen molar-refractivity contribution in [1.82, 2.24) is 14.9 Å². The molecule has 0 aliphatic carbocycles. The van der Waals surface area contributed by atoms with Gasteiger partial charge in [0.15, 0.2) is 0 Å². The summed E-state index contributed by atoms with van der Waals surface area (Å²) in [5.41, 5.74) is 2.56. The van der Waals surface area contributed by atoms with Crippen molar-refractivity contribution in [3.05, 3.63) is 85.9 Å². The van der Waals surface area contributed by atoms with E-state index in [4.69, 9.17) is 9.15 Å². The molecule has 0 radical (unpaired) electrons. The van der Waals surface area contributed by atoms with E-state index in [1.54, 1.807) is 18.6 Å². The predicted molar refractivity (Wildman–Crippen MR) is 114 cm³/mol. The van der Waals surface area contributed by atoms with Crippen molar-refractivity contribution in [3.8, 4) is 34.3 Å². The van der Waals surface area contributed by atoms with Gasteiger partial charge in [-0.15, -0.1) is 36.0 Å². The molecule has 6 nitrogen and oxygen atoms in total. The van der Waals surface area contributed by atoms with Crippen LogP contribution in [-0.4, -0.2) is 35.0 Å². The number of benzene rings is 2. The summed E-state index contributed by atoms with van der Waals surface area (Å²) in [5.74, 6) is 2.34. The summed E-state index contributed by atoms with van der Waals surface area (Å²) in [6.45, 7) is 4.00. The molecule has 0 bridgehead atoms. The summed E-state index contributed by atoms with van der Waals surface area (Å²) in [7, 11) is 2.06. The molecule has 31 heavy (non-hydrogen) atoms. The summed E-state index contributed by atoms with van der Waals surface area (Å²) >= 11 is 0. The normalized spacial score (nSPS) is 13.8. The first-order chi connectivity index (χ1) is 14.7. The third-order valence-corrected chi connectivity index (χ3v) is 4.76. The summed E-state index contributed by atoms with van der Waals surface area (Å²) in [6, 6.07) is 21.8. The second-order valence-electron chi connectivity index (χ2n) is 6.99. The molecule has 1 fully saturated rings. The van der Waals surface area contributed by atoms with Crippen LogP contribution in [0, 0.1) is 18.8 Å². The Balaban J connectivity index is 0.00000231. The van der Waals surface area contributed by atoms with Crippen molar-refractivity contribution in [2.45, 2.75) is 0 Å². The van der Waals surface area contributed by atoms with Crippen molar-refractivity contribution in [2.24, 2.45) is 0 Å². The van der Waals surface area contributed by atoms with Crippen LogP contribution in [0.15, 0.2) is 71.5 Å². The Morgan fingerprint density at radius 2 is 1.84 bits per heavy atom. The second kappa shape index (κ2) is 9.46. The number of pyridine rings is 1. The van der Waals surface area contributed by atoms with Crippen LogP contribution in [0.25, 0.3) is 22.8 Å². The average molecular weight is 591 g/mol. The number of hydrogen-bond acceptors (Lipinski definition) is 6. The van der Waals surface area contributed by atoms with Gasteiger partial charge < -0.3 is 19.0 Å². The number of hydrogen-bond donors (Lipinski definition) is 0. The van der Waals surface area contributed by atoms with E-state index in [-0.39, 0.29) is 21.1 Å². The fourth-order valence-electron chi connectivity index (χ4n) is 3.26. The minimum absolute atomic E-state index is 0. The number of ether oxygens (including phenoxy) is 1. The monoisotopic (exact) mass is 590 g/mol. The fraction of sp³-hybridized carbons (Fsp3) is 0.125. The number of aromatic nitrogens is 2. The van der Waals surface area contributed by atoms with Gasteiger partial charge >= 0.3 is 0 Å². The van der Waals surface area contributed by atoms with E-state index >= 15 is 0 Å². The van der Waals surface area contributed by atoms with E-state index in [0.717, 1.165) is 24.3 Å². The summed E-state index contributed by atoms with van der Waals surface area (Å²) in [6.07, 6.45) is 5.15. The van der Waals surface area contributed by atoms with Gasteiger partial charge in [0.1, 0.15) is 11.7 Å². The molecule has 0 spiro atoms. The molecular formula is C24H19N4O2Pt-3. The molecule has 0 atom stereocenters. The maximum Gasteiger partial charge on any atom is 0.142 e. The van der Waals surface area contributed by atoms with Crippen LogP contribution in [0.4, 0.5) is 5.69 Å². The van der Waals surface area contributed by atoms with Gasteiger partial charge in [0.05, 0.1) is 6.20 Å². The van der Waals surface area contributed by atoms with Gasteiger partial charge in [-0.25, -0.2) is 0 Å². The van der Waals surface area contributed by atoms with Gasteiger partial charge in [-0.3, -0.25) is 9.97 Å². The number of likely N-dealkylation sites (N-methyl/N-ethyl adjacent to an activating group) is 1. The van der Waals surface area contributed by atoms with Crippen molar-refractivity contribution in [1.29, 1.82) is 0 Å². The molecule has 5 rings (SSSR count). The molecule has 2 aromatic heterocycles. The average Bonchev–Trinajstić information content (AvgIpc) is 3.44. The van der Waals surface area contributed by atoms with E-state index in [2.05, 4.69) is 45.6 Å². The first-order valence-electron chi connectivity index (χ1n) is 9.66. The molecule has 0 N–H and O–H groups in total. The summed E-state index contributed by atoms with van der Waals surface area (Å²) in [5, 5.41) is 0. The molecule has 1 aliphatic rings. The van der Waals surface area contributed by atoms with Crippen LogP contribution in [0.1, 0.15) is 0 Å². The molecule has 1 saturated heterocycles. The van der Waals surface area contributed by atoms with Crippen LogP contribution in [0.2, 0.25) is 0 Å². The van der Waals surface area contributed by atoms with E-state index in [9.17, 15) is 0 Å². The third kappa shape index (κ3) is 4.87. The minimum atomic E-state index is 0. The molecule has 3 heterocycles. The zero-order valence-corrected chi connectivity index (χ0v) is 19.0. The SMILES string of the molecule is CN1[CH-]N(c2[c-]c(Oc3[c-]c(-c4ncc(-c5cccnc5)o4)ccc3)ccc2)CC1.[Pt]. The zero-order chi connectivity index (χ0) is 20.3. The van der Waals surface area contributed by atoms with Crippen LogP contribution < -0.4 is 9.64 Å². The van der Waals surface area contributed by atoms with Crippen molar-refractivity contribution >= 4 is 5.69 Å². The Bertz CT molecular complexity index is 1150. The molecule has 4 aromatic rings. The van der Waals surface area contributed by atoms with E-state index in [1.807, 2.05) is 48.5 Å². The maximum absolute atomic E-state index is 6.01. The third-order valence-electron chi connectivity index (χ3n) is 4.76. The Kier molecular flexibility index (Phi) is 6.50. The zero-order valence-electron chi connectivity index (χ0n) is 16.8. The van der Waals surface area contributed by atoms with Gasteiger partial charge in [0.25, 0.3) is 0 Å². The Hall–Kier alpha value is -2.95. The van der Waals surface area contributed by atoms with Crippen LogP contribution in [0.3, 0.4) is 0 Å². The van der Waals surface area contributed by atoms with Gasteiger partial charge in [0, 0.05) is 50.5 Å². The fourth-order valence-corrected chi connectivity index (χ4v) is 3.26. The first-order valence-corrected chi connectivity index (χ1v) is 9.66. The molecular weight excluding hydrogens is 571 g/mol. The Labute approximate surface area is 195 Å². The van der Waals surface area contributed by atoms with Crippen molar-refractivity contribution in [3.63, 3.8) is 0 Å².